The summed E-state index contributed by atoms with van der Waals surface area (Å²) >= 11 is 0. The predicted molar refractivity (Wildman–Crippen MR) is 88.2 cm³/mol. The van der Waals surface area contributed by atoms with Gasteiger partial charge in [0.2, 0.25) is 12.3 Å². The number of carbonyl (C=O) groups is 2. The summed E-state index contributed by atoms with van der Waals surface area (Å²) in [5.41, 5.74) is 2.15. The molecule has 1 aromatic rings. The van der Waals surface area contributed by atoms with E-state index >= 15 is 0 Å². The fourth-order valence-electron chi connectivity index (χ4n) is 2.22. The molecule has 0 saturated carbocycles. The van der Waals surface area contributed by atoms with E-state index in [0.29, 0.717) is 31.8 Å². The molecule has 0 heterocycles. The molecule has 5 heteroatoms. The number of carbonyl (C=O) groups excluding carboxylic acids is 2. The van der Waals surface area contributed by atoms with E-state index in [4.69, 9.17) is 4.74 Å². The first-order chi connectivity index (χ1) is 10.5. The van der Waals surface area contributed by atoms with Crippen LogP contribution < -0.4 is 15.4 Å². The second-order valence-corrected chi connectivity index (χ2v) is 5.61. The standard InChI is InChI=1S/C17H26N2O3/c1-5-22-16-10-14(7-8-15(16)12(2)3)19-13(4)6-9-17(21)18-11-20/h7-8,10-13,19H,5-6,9H2,1-4H3,(H,18,20,21). The third kappa shape index (κ3) is 5.76. The maximum absolute atomic E-state index is 11.3. The molecule has 0 radical (unpaired) electrons. The molecule has 1 rings (SSSR count). The Balaban J connectivity index is 2.66. The van der Waals surface area contributed by atoms with Crippen LogP contribution in [0, 0.1) is 0 Å². The number of nitrogens with one attached hydrogen (secondary N) is 2. The van der Waals surface area contributed by atoms with Crippen molar-refractivity contribution in [1.82, 2.24) is 5.32 Å². The lowest BCUT2D eigenvalue weighted by Crippen LogP contribution is -2.24. The van der Waals surface area contributed by atoms with Crippen molar-refractivity contribution < 1.29 is 14.3 Å². The lowest BCUT2D eigenvalue weighted by molar-refractivity contribution is -0.125. The molecule has 2 amide bonds. The van der Waals surface area contributed by atoms with Gasteiger partial charge in [-0.05, 0) is 37.8 Å². The molecule has 5 nitrogen and oxygen atoms in total. The van der Waals surface area contributed by atoms with Crippen LogP contribution in [0.1, 0.15) is 52.0 Å². The number of amides is 2. The number of hydrogen-bond donors (Lipinski definition) is 2. The van der Waals surface area contributed by atoms with E-state index in [9.17, 15) is 9.59 Å². The highest BCUT2D eigenvalue weighted by Crippen LogP contribution is 2.30. The predicted octanol–water partition coefficient (Wildman–Crippen LogP) is 3.06. The molecule has 0 fully saturated rings. The van der Waals surface area contributed by atoms with Crippen molar-refractivity contribution in [2.24, 2.45) is 0 Å². The maximum Gasteiger partial charge on any atom is 0.226 e. The number of benzene rings is 1. The molecule has 0 aliphatic carbocycles. The topological polar surface area (TPSA) is 67.4 Å². The van der Waals surface area contributed by atoms with Crippen LogP contribution in [0.5, 0.6) is 5.75 Å². The first kappa shape index (κ1) is 18.0. The highest BCUT2D eigenvalue weighted by Gasteiger charge is 2.11. The van der Waals surface area contributed by atoms with Crippen LogP contribution in [0.4, 0.5) is 5.69 Å². The van der Waals surface area contributed by atoms with Crippen molar-refractivity contribution in [3.8, 4) is 5.75 Å². The molecule has 1 atom stereocenters. The first-order valence-corrected chi connectivity index (χ1v) is 7.74. The summed E-state index contributed by atoms with van der Waals surface area (Å²) in [7, 11) is 0. The quantitative estimate of drug-likeness (QED) is 0.688. The zero-order chi connectivity index (χ0) is 16.5. The molecule has 0 saturated heterocycles. The average Bonchev–Trinajstić information content (AvgIpc) is 2.46. The summed E-state index contributed by atoms with van der Waals surface area (Å²) in [5.74, 6) is 1.04. The molecule has 0 bridgehead atoms. The van der Waals surface area contributed by atoms with Gasteiger partial charge in [0.05, 0.1) is 6.61 Å². The molecule has 0 aromatic heterocycles. The molecular weight excluding hydrogens is 280 g/mol. The van der Waals surface area contributed by atoms with Crippen LogP contribution in [0.2, 0.25) is 0 Å². The Morgan fingerprint density at radius 3 is 2.64 bits per heavy atom. The van der Waals surface area contributed by atoms with Crippen molar-refractivity contribution in [3.05, 3.63) is 23.8 Å². The lowest BCUT2D eigenvalue weighted by atomic mass is 10.0. The van der Waals surface area contributed by atoms with E-state index in [1.54, 1.807) is 0 Å². The summed E-state index contributed by atoms with van der Waals surface area (Å²) in [6, 6.07) is 6.22. The van der Waals surface area contributed by atoms with Gasteiger partial charge >= 0.3 is 0 Å². The first-order valence-electron chi connectivity index (χ1n) is 7.74. The molecule has 1 aromatic carbocycles. The van der Waals surface area contributed by atoms with Gasteiger partial charge in [0.15, 0.2) is 0 Å². The average molecular weight is 306 g/mol. The van der Waals surface area contributed by atoms with Crippen molar-refractivity contribution in [1.29, 1.82) is 0 Å². The third-order valence-electron chi connectivity index (χ3n) is 3.37. The van der Waals surface area contributed by atoms with Gasteiger partial charge in [0.25, 0.3) is 0 Å². The summed E-state index contributed by atoms with van der Waals surface area (Å²) in [4.78, 5) is 21.4. The van der Waals surface area contributed by atoms with E-state index < -0.39 is 0 Å². The molecule has 0 spiro atoms. The zero-order valence-corrected chi connectivity index (χ0v) is 13.8. The molecule has 1 unspecified atom stereocenters. The minimum Gasteiger partial charge on any atom is -0.494 e. The summed E-state index contributed by atoms with van der Waals surface area (Å²) in [6.07, 6.45) is 1.38. The number of anilines is 1. The van der Waals surface area contributed by atoms with E-state index in [0.717, 1.165) is 11.4 Å². The van der Waals surface area contributed by atoms with Gasteiger partial charge in [-0.1, -0.05) is 19.9 Å². The highest BCUT2D eigenvalue weighted by atomic mass is 16.5. The van der Waals surface area contributed by atoms with Gasteiger partial charge in [0.1, 0.15) is 5.75 Å². The SMILES string of the molecule is CCOc1cc(NC(C)CCC(=O)NC=O)ccc1C(C)C. The van der Waals surface area contributed by atoms with Gasteiger partial charge in [-0.25, -0.2) is 0 Å². The number of rotatable bonds is 9. The second kappa shape index (κ2) is 9.07. The number of ether oxygens (including phenoxy) is 1. The van der Waals surface area contributed by atoms with E-state index in [2.05, 4.69) is 30.5 Å². The lowest BCUT2D eigenvalue weighted by Gasteiger charge is -2.18. The Labute approximate surface area is 132 Å². The molecule has 2 N–H and O–H groups in total. The fraction of sp³-hybridized carbons (Fsp3) is 0.529. The zero-order valence-electron chi connectivity index (χ0n) is 13.8. The van der Waals surface area contributed by atoms with Gasteiger partial charge < -0.3 is 10.1 Å². The highest BCUT2D eigenvalue weighted by molar-refractivity contribution is 5.85. The van der Waals surface area contributed by atoms with E-state index in [-0.39, 0.29) is 11.9 Å². The third-order valence-corrected chi connectivity index (χ3v) is 3.37. The van der Waals surface area contributed by atoms with Crippen molar-refractivity contribution >= 4 is 18.0 Å². The number of hydrogen-bond acceptors (Lipinski definition) is 4. The Morgan fingerprint density at radius 1 is 1.32 bits per heavy atom. The summed E-state index contributed by atoms with van der Waals surface area (Å²) < 4.78 is 5.71. The number of imide groups is 1. The summed E-state index contributed by atoms with van der Waals surface area (Å²) in [6.45, 7) is 8.88. The van der Waals surface area contributed by atoms with Gasteiger partial charge in [-0.2, -0.15) is 0 Å². The minimum absolute atomic E-state index is 0.122. The van der Waals surface area contributed by atoms with Gasteiger partial charge in [-0.15, -0.1) is 0 Å². The van der Waals surface area contributed by atoms with Crippen LogP contribution in [-0.4, -0.2) is 25.0 Å². The van der Waals surface area contributed by atoms with Gasteiger partial charge in [0, 0.05) is 24.2 Å². The van der Waals surface area contributed by atoms with Crippen LogP contribution in [-0.2, 0) is 9.59 Å². The maximum atomic E-state index is 11.3. The van der Waals surface area contributed by atoms with Crippen LogP contribution in [0.3, 0.4) is 0 Å². The fourth-order valence-corrected chi connectivity index (χ4v) is 2.22. The van der Waals surface area contributed by atoms with Crippen molar-refractivity contribution in [2.45, 2.75) is 52.5 Å². The van der Waals surface area contributed by atoms with Crippen LogP contribution in [0.15, 0.2) is 18.2 Å². The second-order valence-electron chi connectivity index (χ2n) is 5.61. The molecular formula is C17H26N2O3. The van der Waals surface area contributed by atoms with E-state index in [1.165, 1.54) is 5.56 Å². The van der Waals surface area contributed by atoms with Gasteiger partial charge in [-0.3, -0.25) is 14.9 Å². The van der Waals surface area contributed by atoms with Crippen LogP contribution in [0.25, 0.3) is 0 Å². The molecule has 0 aliphatic heterocycles. The van der Waals surface area contributed by atoms with E-state index in [1.807, 2.05) is 26.0 Å². The largest absolute Gasteiger partial charge is 0.494 e. The Bertz CT molecular complexity index is 501. The molecule has 122 valence electrons. The van der Waals surface area contributed by atoms with Crippen LogP contribution >= 0.6 is 0 Å². The van der Waals surface area contributed by atoms with Crippen molar-refractivity contribution in [3.63, 3.8) is 0 Å². The Morgan fingerprint density at radius 2 is 2.05 bits per heavy atom. The minimum atomic E-state index is -0.256. The monoisotopic (exact) mass is 306 g/mol. The molecule has 0 aliphatic rings. The summed E-state index contributed by atoms with van der Waals surface area (Å²) in [5, 5.41) is 5.50. The smallest absolute Gasteiger partial charge is 0.226 e. The van der Waals surface area contributed by atoms with Crippen molar-refractivity contribution in [2.75, 3.05) is 11.9 Å². The Hall–Kier alpha value is -2.04. The Kier molecular flexibility index (Phi) is 7.43. The molecule has 22 heavy (non-hydrogen) atoms. The normalized spacial score (nSPS) is 11.9.